The number of hydrogen-bond acceptors (Lipinski definition) is 9. The number of benzene rings is 1. The van der Waals surface area contributed by atoms with Gasteiger partial charge in [0, 0.05) is 30.4 Å². The summed E-state index contributed by atoms with van der Waals surface area (Å²) in [6, 6.07) is 6.50. The van der Waals surface area contributed by atoms with Gasteiger partial charge in [-0.3, -0.25) is 19.5 Å². The normalized spacial score (nSPS) is 14.1. The summed E-state index contributed by atoms with van der Waals surface area (Å²) in [5, 5.41) is 4.91. The highest BCUT2D eigenvalue weighted by Crippen LogP contribution is 2.31. The molecular formula is C23H22F3N7O4. The molecule has 1 aliphatic rings. The van der Waals surface area contributed by atoms with Crippen molar-refractivity contribution in [3.05, 3.63) is 54.5 Å². The van der Waals surface area contributed by atoms with E-state index >= 15 is 0 Å². The Hall–Kier alpha value is -4.30. The van der Waals surface area contributed by atoms with Gasteiger partial charge >= 0.3 is 6.36 Å². The van der Waals surface area contributed by atoms with Gasteiger partial charge in [0.2, 0.25) is 5.91 Å². The number of nitrogens with two attached hydrogens (primary N) is 1. The maximum absolute atomic E-state index is 12.9. The second-order valence-electron chi connectivity index (χ2n) is 7.91. The van der Waals surface area contributed by atoms with Crippen LogP contribution < -0.4 is 21.1 Å². The first-order chi connectivity index (χ1) is 17.7. The molecule has 14 heteroatoms. The molecule has 2 aromatic heterocycles. The molecule has 1 saturated heterocycles. The van der Waals surface area contributed by atoms with Crippen LogP contribution in [0.25, 0.3) is 11.3 Å². The van der Waals surface area contributed by atoms with E-state index in [0.717, 1.165) is 18.2 Å². The summed E-state index contributed by atoms with van der Waals surface area (Å²) in [4.78, 5) is 39.4. The number of amides is 2. The molecule has 1 aliphatic heterocycles. The van der Waals surface area contributed by atoms with Crippen molar-refractivity contribution in [3.8, 4) is 17.0 Å². The molecule has 1 fully saturated rings. The number of nitrogens with one attached hydrogen (secondary N) is 2. The first-order valence-electron chi connectivity index (χ1n) is 11.0. The summed E-state index contributed by atoms with van der Waals surface area (Å²) in [5.41, 5.74) is 6.38. The Morgan fingerprint density at radius 3 is 2.46 bits per heavy atom. The molecule has 37 heavy (non-hydrogen) atoms. The molecule has 0 radical (unpaired) electrons. The molecule has 11 nitrogen and oxygen atoms in total. The minimum Gasteiger partial charge on any atom is -0.404 e. The van der Waals surface area contributed by atoms with Gasteiger partial charge in [-0.15, -0.1) is 13.2 Å². The van der Waals surface area contributed by atoms with Gasteiger partial charge in [0.15, 0.2) is 11.6 Å². The maximum Gasteiger partial charge on any atom is 0.573 e. The molecule has 4 N–H and O–H groups in total. The third-order valence-corrected chi connectivity index (χ3v) is 5.19. The fraction of sp³-hybridized carbons (Fsp3) is 0.261. The van der Waals surface area contributed by atoms with Crippen molar-refractivity contribution < 1.29 is 32.2 Å². The van der Waals surface area contributed by atoms with E-state index < -0.39 is 23.9 Å². The van der Waals surface area contributed by atoms with Gasteiger partial charge in [-0.25, -0.2) is 9.97 Å². The predicted octanol–water partition coefficient (Wildman–Crippen LogP) is 2.54. The molecule has 0 spiro atoms. The topological polar surface area (TPSA) is 145 Å². The summed E-state index contributed by atoms with van der Waals surface area (Å²) < 4.78 is 47.9. The van der Waals surface area contributed by atoms with Crippen LogP contribution in [0, 0.1) is 0 Å². The average molecular weight is 517 g/mol. The van der Waals surface area contributed by atoms with Crippen LogP contribution >= 0.6 is 0 Å². The monoisotopic (exact) mass is 517 g/mol. The van der Waals surface area contributed by atoms with Crippen LogP contribution in [0.15, 0.2) is 48.9 Å². The molecule has 1 aromatic carbocycles. The van der Waals surface area contributed by atoms with E-state index in [4.69, 9.17) is 10.5 Å². The highest BCUT2D eigenvalue weighted by molar-refractivity contribution is 6.05. The standard InChI is InChI=1S/C23H22F3N7O4/c24-23(25,26)37-18-3-1-14(9-16(18)31-21(34)13-33-5-7-36-8-6-33)22(35)32-20-12-28-17(11-30-20)15-2-4-19(27)29-10-15/h1-4,9-12H,5-8,13H2,(H2,27,29)(H,31,34)(H,30,32,35). The average Bonchev–Trinajstić information content (AvgIpc) is 2.86. The molecule has 0 unspecified atom stereocenters. The maximum atomic E-state index is 12.9. The Morgan fingerprint density at radius 2 is 1.81 bits per heavy atom. The zero-order valence-electron chi connectivity index (χ0n) is 19.3. The van der Waals surface area contributed by atoms with Crippen molar-refractivity contribution in [3.63, 3.8) is 0 Å². The zero-order chi connectivity index (χ0) is 26.4. The number of rotatable bonds is 7. The molecule has 2 amide bonds. The molecule has 0 bridgehead atoms. The third kappa shape index (κ3) is 7.35. The number of ether oxygens (including phenoxy) is 2. The highest BCUT2D eigenvalue weighted by atomic mass is 19.4. The number of halogens is 3. The molecule has 4 rings (SSSR count). The number of morpholine rings is 1. The minimum absolute atomic E-state index is 0.0372. The molecule has 0 aliphatic carbocycles. The van der Waals surface area contributed by atoms with E-state index in [-0.39, 0.29) is 23.6 Å². The van der Waals surface area contributed by atoms with Crippen molar-refractivity contribution in [2.24, 2.45) is 0 Å². The van der Waals surface area contributed by atoms with Gasteiger partial charge in [0.25, 0.3) is 5.91 Å². The Balaban J connectivity index is 1.48. The smallest absolute Gasteiger partial charge is 0.404 e. The van der Waals surface area contributed by atoms with Crippen molar-refractivity contribution in [1.29, 1.82) is 0 Å². The van der Waals surface area contributed by atoms with Gasteiger partial charge in [-0.2, -0.15) is 0 Å². The van der Waals surface area contributed by atoms with Crippen LogP contribution in [0.3, 0.4) is 0 Å². The van der Waals surface area contributed by atoms with E-state index in [1.807, 2.05) is 0 Å². The van der Waals surface area contributed by atoms with Crippen LogP contribution in [0.5, 0.6) is 5.75 Å². The lowest BCUT2D eigenvalue weighted by Gasteiger charge is -2.26. The molecule has 3 aromatic rings. The second-order valence-corrected chi connectivity index (χ2v) is 7.91. The lowest BCUT2D eigenvalue weighted by molar-refractivity contribution is -0.274. The molecule has 0 saturated carbocycles. The van der Waals surface area contributed by atoms with Crippen LogP contribution in [-0.4, -0.2) is 70.9 Å². The summed E-state index contributed by atoms with van der Waals surface area (Å²) in [6.07, 6.45) is -0.738. The fourth-order valence-electron chi connectivity index (χ4n) is 3.42. The SMILES string of the molecule is Nc1ccc(-c2cnc(NC(=O)c3ccc(OC(F)(F)F)c(NC(=O)CN4CCOCC4)c3)cn2)cn1. The van der Waals surface area contributed by atoms with Crippen LogP contribution in [-0.2, 0) is 9.53 Å². The van der Waals surface area contributed by atoms with E-state index in [1.54, 1.807) is 17.0 Å². The van der Waals surface area contributed by atoms with Gasteiger partial charge in [0.05, 0.1) is 43.5 Å². The number of nitrogen functional groups attached to an aromatic ring is 1. The largest absolute Gasteiger partial charge is 0.573 e. The summed E-state index contributed by atoms with van der Waals surface area (Å²) in [5.74, 6) is -1.45. The quantitative estimate of drug-likeness (QED) is 0.431. The third-order valence-electron chi connectivity index (χ3n) is 5.19. The lowest BCUT2D eigenvalue weighted by Crippen LogP contribution is -2.41. The van der Waals surface area contributed by atoms with Crippen LogP contribution in [0.2, 0.25) is 0 Å². The number of aromatic nitrogens is 3. The highest BCUT2D eigenvalue weighted by Gasteiger charge is 2.32. The van der Waals surface area contributed by atoms with Gasteiger partial charge < -0.3 is 25.8 Å². The van der Waals surface area contributed by atoms with Crippen molar-refractivity contribution >= 4 is 29.1 Å². The van der Waals surface area contributed by atoms with E-state index in [9.17, 15) is 22.8 Å². The first-order valence-corrected chi connectivity index (χ1v) is 11.0. The first kappa shape index (κ1) is 25.8. The Kier molecular flexibility index (Phi) is 7.79. The van der Waals surface area contributed by atoms with E-state index in [0.29, 0.717) is 43.4 Å². The number of carbonyl (C=O) groups excluding carboxylic acids is 2. The van der Waals surface area contributed by atoms with Crippen molar-refractivity contribution in [2.75, 3.05) is 49.2 Å². The second kappa shape index (κ2) is 11.2. The Morgan fingerprint density at radius 1 is 1.03 bits per heavy atom. The molecular weight excluding hydrogens is 495 g/mol. The molecule has 194 valence electrons. The zero-order valence-corrected chi connectivity index (χ0v) is 19.3. The van der Waals surface area contributed by atoms with Gasteiger partial charge in [0.1, 0.15) is 5.82 Å². The number of nitrogens with zero attached hydrogens (tertiary/aromatic N) is 4. The number of alkyl halides is 3. The Bertz CT molecular complexity index is 1250. The molecule has 0 atom stereocenters. The predicted molar refractivity (Wildman–Crippen MR) is 127 cm³/mol. The summed E-state index contributed by atoms with van der Waals surface area (Å²) >= 11 is 0. The summed E-state index contributed by atoms with van der Waals surface area (Å²) in [6.45, 7) is 1.86. The number of pyridine rings is 1. The van der Waals surface area contributed by atoms with Crippen molar-refractivity contribution in [1.82, 2.24) is 19.9 Å². The number of carbonyl (C=O) groups is 2. The van der Waals surface area contributed by atoms with Crippen LogP contribution in [0.1, 0.15) is 10.4 Å². The summed E-state index contributed by atoms with van der Waals surface area (Å²) in [7, 11) is 0. The molecule has 3 heterocycles. The number of anilines is 3. The van der Waals surface area contributed by atoms with Gasteiger partial charge in [-0.1, -0.05) is 0 Å². The Labute approximate surface area is 208 Å². The minimum atomic E-state index is -5.00. The lowest BCUT2D eigenvalue weighted by atomic mass is 10.1. The number of hydrogen-bond donors (Lipinski definition) is 3. The van der Waals surface area contributed by atoms with E-state index in [2.05, 4.69) is 30.3 Å². The van der Waals surface area contributed by atoms with Crippen LogP contribution in [0.4, 0.5) is 30.5 Å². The van der Waals surface area contributed by atoms with E-state index in [1.165, 1.54) is 18.6 Å². The van der Waals surface area contributed by atoms with Gasteiger partial charge in [-0.05, 0) is 30.3 Å². The van der Waals surface area contributed by atoms with Crippen molar-refractivity contribution in [2.45, 2.75) is 6.36 Å². The fourth-order valence-corrected chi connectivity index (χ4v) is 3.42.